The maximum absolute atomic E-state index is 5.38. The zero-order valence-corrected chi connectivity index (χ0v) is 15.0. The predicted molar refractivity (Wildman–Crippen MR) is 89.4 cm³/mol. The highest BCUT2D eigenvalue weighted by atomic mass is 79.9. The highest BCUT2D eigenvalue weighted by Gasteiger charge is 2.13. The second-order valence-electron chi connectivity index (χ2n) is 4.29. The fraction of sp³-hybridized carbons (Fsp3) is 0.143. The standard InChI is InChI=1S/C14H10Br3NO2/c15-9-4-10(16)14(11(17)5-9)18-6-8-1-2-12-13(3-8)20-7-19-12/h1-5,18H,6-7H2. The molecule has 1 heterocycles. The average Bonchev–Trinajstić information content (AvgIpc) is 2.84. The molecular weight excluding hydrogens is 454 g/mol. The second kappa shape index (κ2) is 5.95. The van der Waals surface area contributed by atoms with Crippen LogP contribution < -0.4 is 14.8 Å². The highest BCUT2D eigenvalue weighted by molar-refractivity contribution is 9.11. The third-order valence-corrected chi connectivity index (χ3v) is 4.62. The summed E-state index contributed by atoms with van der Waals surface area (Å²) in [7, 11) is 0. The number of benzene rings is 2. The van der Waals surface area contributed by atoms with E-state index in [1.807, 2.05) is 30.3 Å². The van der Waals surface area contributed by atoms with Crippen molar-refractivity contribution in [1.82, 2.24) is 0 Å². The first-order valence-corrected chi connectivity index (χ1v) is 8.28. The molecule has 0 atom stereocenters. The number of rotatable bonds is 3. The molecule has 2 aromatic rings. The molecule has 1 aliphatic rings. The van der Waals surface area contributed by atoms with Crippen molar-refractivity contribution in [3.63, 3.8) is 0 Å². The third-order valence-electron chi connectivity index (χ3n) is 2.91. The molecule has 0 amide bonds. The van der Waals surface area contributed by atoms with Crippen molar-refractivity contribution in [3.05, 3.63) is 49.3 Å². The smallest absolute Gasteiger partial charge is 0.231 e. The summed E-state index contributed by atoms with van der Waals surface area (Å²) in [5.74, 6) is 1.61. The van der Waals surface area contributed by atoms with E-state index in [9.17, 15) is 0 Å². The van der Waals surface area contributed by atoms with Gasteiger partial charge in [0.15, 0.2) is 11.5 Å². The Labute approximate surface area is 142 Å². The van der Waals surface area contributed by atoms with Gasteiger partial charge in [-0.05, 0) is 61.7 Å². The van der Waals surface area contributed by atoms with E-state index in [0.29, 0.717) is 13.3 Å². The summed E-state index contributed by atoms with van der Waals surface area (Å²) in [5.41, 5.74) is 2.15. The molecule has 0 saturated carbocycles. The molecule has 6 heteroatoms. The van der Waals surface area contributed by atoms with Crippen LogP contribution in [0.15, 0.2) is 43.7 Å². The van der Waals surface area contributed by atoms with Gasteiger partial charge in [-0.15, -0.1) is 0 Å². The summed E-state index contributed by atoms with van der Waals surface area (Å²) >= 11 is 10.6. The zero-order chi connectivity index (χ0) is 14.1. The maximum atomic E-state index is 5.38. The van der Waals surface area contributed by atoms with E-state index in [1.165, 1.54) is 0 Å². The summed E-state index contributed by atoms with van der Waals surface area (Å²) in [6.07, 6.45) is 0. The van der Waals surface area contributed by atoms with Crippen LogP contribution in [0.5, 0.6) is 11.5 Å². The SMILES string of the molecule is Brc1cc(Br)c(NCc2ccc3c(c2)OCO3)c(Br)c1. The Hall–Kier alpha value is -0.720. The van der Waals surface area contributed by atoms with Crippen molar-refractivity contribution in [2.75, 3.05) is 12.1 Å². The molecule has 0 radical (unpaired) electrons. The first kappa shape index (κ1) is 14.2. The summed E-state index contributed by atoms with van der Waals surface area (Å²) in [5, 5.41) is 3.40. The third kappa shape index (κ3) is 2.97. The zero-order valence-electron chi connectivity index (χ0n) is 10.3. The van der Waals surface area contributed by atoms with Crippen molar-refractivity contribution in [3.8, 4) is 11.5 Å². The van der Waals surface area contributed by atoms with Gasteiger partial charge in [-0.1, -0.05) is 22.0 Å². The van der Waals surface area contributed by atoms with E-state index < -0.39 is 0 Å². The Morgan fingerprint density at radius 2 is 1.65 bits per heavy atom. The number of nitrogens with one attached hydrogen (secondary N) is 1. The molecule has 3 rings (SSSR count). The molecule has 20 heavy (non-hydrogen) atoms. The maximum Gasteiger partial charge on any atom is 0.231 e. The molecule has 0 saturated heterocycles. The van der Waals surface area contributed by atoms with Gasteiger partial charge >= 0.3 is 0 Å². The lowest BCUT2D eigenvalue weighted by Crippen LogP contribution is -2.01. The summed E-state index contributed by atoms with van der Waals surface area (Å²) in [6, 6.07) is 9.97. The minimum Gasteiger partial charge on any atom is -0.454 e. The van der Waals surface area contributed by atoms with Crippen LogP contribution in [0.1, 0.15) is 5.56 Å². The van der Waals surface area contributed by atoms with Crippen LogP contribution in [-0.4, -0.2) is 6.79 Å². The Morgan fingerprint density at radius 3 is 2.40 bits per heavy atom. The van der Waals surface area contributed by atoms with E-state index in [2.05, 4.69) is 53.1 Å². The second-order valence-corrected chi connectivity index (χ2v) is 6.91. The van der Waals surface area contributed by atoms with Gasteiger partial charge in [-0.25, -0.2) is 0 Å². The topological polar surface area (TPSA) is 30.5 Å². The van der Waals surface area contributed by atoms with Gasteiger partial charge in [0.2, 0.25) is 6.79 Å². The molecule has 104 valence electrons. The molecule has 1 N–H and O–H groups in total. The molecule has 0 bridgehead atoms. The van der Waals surface area contributed by atoms with Gasteiger partial charge in [0.25, 0.3) is 0 Å². The van der Waals surface area contributed by atoms with E-state index in [1.54, 1.807) is 0 Å². The van der Waals surface area contributed by atoms with Crippen molar-refractivity contribution in [1.29, 1.82) is 0 Å². The Kier molecular flexibility index (Phi) is 4.23. The fourth-order valence-electron chi connectivity index (χ4n) is 1.95. The van der Waals surface area contributed by atoms with E-state index >= 15 is 0 Å². The van der Waals surface area contributed by atoms with E-state index in [0.717, 1.165) is 36.2 Å². The minimum atomic E-state index is 0.302. The minimum absolute atomic E-state index is 0.302. The predicted octanol–water partition coefficient (Wildman–Crippen LogP) is 5.31. The number of fused-ring (bicyclic) bond motifs is 1. The fourth-order valence-corrected chi connectivity index (χ4v) is 4.49. The molecular formula is C14H10Br3NO2. The first-order chi connectivity index (χ1) is 9.63. The van der Waals surface area contributed by atoms with Gasteiger partial charge in [0.05, 0.1) is 5.69 Å². The van der Waals surface area contributed by atoms with Gasteiger partial charge in [-0.2, -0.15) is 0 Å². The van der Waals surface area contributed by atoms with Gasteiger partial charge in [0.1, 0.15) is 0 Å². The highest BCUT2D eigenvalue weighted by Crippen LogP contribution is 2.36. The Bertz CT molecular complexity index is 638. The molecule has 1 aliphatic heterocycles. The van der Waals surface area contributed by atoms with E-state index in [4.69, 9.17) is 9.47 Å². The summed E-state index contributed by atoms with van der Waals surface area (Å²) in [4.78, 5) is 0. The van der Waals surface area contributed by atoms with Crippen molar-refractivity contribution in [2.45, 2.75) is 6.54 Å². The molecule has 3 nitrogen and oxygen atoms in total. The Balaban J connectivity index is 1.77. The number of hydrogen-bond donors (Lipinski definition) is 1. The molecule has 0 unspecified atom stereocenters. The van der Waals surface area contributed by atoms with Crippen molar-refractivity contribution < 1.29 is 9.47 Å². The van der Waals surface area contributed by atoms with Crippen LogP contribution >= 0.6 is 47.8 Å². The molecule has 0 aromatic heterocycles. The van der Waals surface area contributed by atoms with Crippen LogP contribution in [0.4, 0.5) is 5.69 Å². The van der Waals surface area contributed by atoms with Crippen LogP contribution in [-0.2, 0) is 6.54 Å². The van der Waals surface area contributed by atoms with Gasteiger partial charge in [-0.3, -0.25) is 0 Å². The number of ether oxygens (including phenoxy) is 2. The van der Waals surface area contributed by atoms with Gasteiger partial charge in [0, 0.05) is 20.0 Å². The molecule has 0 aliphatic carbocycles. The average molecular weight is 464 g/mol. The van der Waals surface area contributed by atoms with Crippen molar-refractivity contribution >= 4 is 53.5 Å². The number of anilines is 1. The number of hydrogen-bond acceptors (Lipinski definition) is 3. The Morgan fingerprint density at radius 1 is 0.950 bits per heavy atom. The van der Waals surface area contributed by atoms with Crippen LogP contribution in [0.3, 0.4) is 0 Å². The lowest BCUT2D eigenvalue weighted by molar-refractivity contribution is 0.174. The lowest BCUT2D eigenvalue weighted by atomic mass is 10.2. The van der Waals surface area contributed by atoms with Crippen molar-refractivity contribution in [2.24, 2.45) is 0 Å². The lowest BCUT2D eigenvalue weighted by Gasteiger charge is -2.12. The van der Waals surface area contributed by atoms with Crippen LogP contribution in [0.2, 0.25) is 0 Å². The van der Waals surface area contributed by atoms with Gasteiger partial charge < -0.3 is 14.8 Å². The quantitative estimate of drug-likeness (QED) is 0.668. The number of halogens is 3. The summed E-state index contributed by atoms with van der Waals surface area (Å²) in [6.45, 7) is 1.01. The van der Waals surface area contributed by atoms with E-state index in [-0.39, 0.29) is 0 Å². The monoisotopic (exact) mass is 461 g/mol. The normalized spacial score (nSPS) is 12.6. The van der Waals surface area contributed by atoms with Crippen LogP contribution in [0, 0.1) is 0 Å². The first-order valence-electron chi connectivity index (χ1n) is 5.90. The summed E-state index contributed by atoms with van der Waals surface area (Å²) < 4.78 is 13.7. The van der Waals surface area contributed by atoms with Crippen LogP contribution in [0.25, 0.3) is 0 Å². The molecule has 2 aromatic carbocycles. The molecule has 0 spiro atoms. The largest absolute Gasteiger partial charge is 0.454 e. The molecule has 0 fully saturated rings.